The summed E-state index contributed by atoms with van der Waals surface area (Å²) in [6.45, 7) is 3.92. The number of benzene rings is 1. The normalized spacial score (nSPS) is 10.3. The minimum Gasteiger partial charge on any atom is -0.258 e. The van der Waals surface area contributed by atoms with E-state index in [2.05, 4.69) is 4.98 Å². The quantitative estimate of drug-likeness (QED) is 0.688. The molecule has 1 nitrogen and oxygen atoms in total. The third-order valence-corrected chi connectivity index (χ3v) is 2.26. The second-order valence-electron chi connectivity index (χ2n) is 3.65. The van der Waals surface area contributed by atoms with E-state index in [1.165, 1.54) is 12.1 Å². The van der Waals surface area contributed by atoms with Gasteiger partial charge in [-0.3, -0.25) is 4.98 Å². The molecule has 2 aromatic rings. The molecule has 0 N–H and O–H groups in total. The molecule has 1 aromatic heterocycles. The fourth-order valence-corrected chi connectivity index (χ4v) is 1.64. The Morgan fingerprint density at radius 1 is 0.867 bits per heavy atom. The average Bonchev–Trinajstić information content (AvgIpc) is 2.17. The first-order valence-corrected chi connectivity index (χ1v) is 4.86. The van der Waals surface area contributed by atoms with Gasteiger partial charge in [0.05, 0.1) is 0 Å². The van der Waals surface area contributed by atoms with E-state index in [0.29, 0.717) is 0 Å². The standard InChI is InChI=1S/C13H12FN/c1-9-7-12(8-10(2)15-9)11-3-5-13(14)6-4-11/h3-8H,1-2H3. The van der Waals surface area contributed by atoms with E-state index < -0.39 is 0 Å². The average molecular weight is 201 g/mol. The summed E-state index contributed by atoms with van der Waals surface area (Å²) in [6, 6.07) is 10.5. The van der Waals surface area contributed by atoms with Crippen molar-refractivity contribution in [1.82, 2.24) is 4.98 Å². The molecule has 0 saturated heterocycles. The molecule has 0 aliphatic carbocycles. The van der Waals surface area contributed by atoms with Gasteiger partial charge < -0.3 is 0 Å². The van der Waals surface area contributed by atoms with Crippen molar-refractivity contribution in [1.29, 1.82) is 0 Å². The molecule has 0 atom stereocenters. The Morgan fingerprint density at radius 3 is 1.93 bits per heavy atom. The lowest BCUT2D eigenvalue weighted by Gasteiger charge is -2.04. The molecular weight excluding hydrogens is 189 g/mol. The molecular formula is C13H12FN. The fourth-order valence-electron chi connectivity index (χ4n) is 1.64. The van der Waals surface area contributed by atoms with Gasteiger partial charge in [0.1, 0.15) is 5.82 Å². The first-order valence-electron chi connectivity index (χ1n) is 4.86. The van der Waals surface area contributed by atoms with Crippen molar-refractivity contribution in [2.24, 2.45) is 0 Å². The van der Waals surface area contributed by atoms with E-state index >= 15 is 0 Å². The monoisotopic (exact) mass is 201 g/mol. The van der Waals surface area contributed by atoms with Crippen LogP contribution in [0.25, 0.3) is 11.1 Å². The van der Waals surface area contributed by atoms with Crippen LogP contribution < -0.4 is 0 Å². The molecule has 0 fully saturated rings. The van der Waals surface area contributed by atoms with E-state index in [4.69, 9.17) is 0 Å². The van der Waals surface area contributed by atoms with Crippen molar-refractivity contribution in [3.05, 3.63) is 53.6 Å². The predicted octanol–water partition coefficient (Wildman–Crippen LogP) is 3.50. The van der Waals surface area contributed by atoms with Crippen LogP contribution in [0.3, 0.4) is 0 Å². The summed E-state index contributed by atoms with van der Waals surface area (Å²) in [5, 5.41) is 0. The summed E-state index contributed by atoms with van der Waals surface area (Å²) in [4.78, 5) is 4.30. The maximum absolute atomic E-state index is 12.7. The largest absolute Gasteiger partial charge is 0.258 e. The smallest absolute Gasteiger partial charge is 0.123 e. The summed E-state index contributed by atoms with van der Waals surface area (Å²) in [7, 11) is 0. The minimum absolute atomic E-state index is 0.207. The molecule has 0 saturated carbocycles. The molecule has 2 heteroatoms. The van der Waals surface area contributed by atoms with Crippen LogP contribution in [0.15, 0.2) is 36.4 Å². The van der Waals surface area contributed by atoms with E-state index in [1.54, 1.807) is 12.1 Å². The molecule has 15 heavy (non-hydrogen) atoms. The van der Waals surface area contributed by atoms with Gasteiger partial charge in [0.2, 0.25) is 0 Å². The number of pyridine rings is 1. The van der Waals surface area contributed by atoms with Gasteiger partial charge >= 0.3 is 0 Å². The highest BCUT2D eigenvalue weighted by atomic mass is 19.1. The van der Waals surface area contributed by atoms with Crippen molar-refractivity contribution in [2.45, 2.75) is 13.8 Å². The summed E-state index contributed by atoms with van der Waals surface area (Å²) in [6.07, 6.45) is 0. The maximum atomic E-state index is 12.7. The van der Waals surface area contributed by atoms with Gasteiger partial charge in [-0.2, -0.15) is 0 Å². The fraction of sp³-hybridized carbons (Fsp3) is 0.154. The van der Waals surface area contributed by atoms with Crippen molar-refractivity contribution in [3.63, 3.8) is 0 Å². The molecule has 1 aromatic carbocycles. The number of nitrogens with zero attached hydrogens (tertiary/aromatic N) is 1. The van der Waals surface area contributed by atoms with Gasteiger partial charge in [-0.25, -0.2) is 4.39 Å². The number of rotatable bonds is 1. The first kappa shape index (κ1) is 9.84. The Balaban J connectivity index is 2.49. The van der Waals surface area contributed by atoms with Crippen LogP contribution in [0.2, 0.25) is 0 Å². The lowest BCUT2D eigenvalue weighted by atomic mass is 10.1. The van der Waals surface area contributed by atoms with E-state index in [0.717, 1.165) is 22.5 Å². The lowest BCUT2D eigenvalue weighted by Crippen LogP contribution is -1.88. The zero-order chi connectivity index (χ0) is 10.8. The number of aromatic nitrogens is 1. The van der Waals surface area contributed by atoms with Crippen LogP contribution in [0.1, 0.15) is 11.4 Å². The van der Waals surface area contributed by atoms with Crippen molar-refractivity contribution in [3.8, 4) is 11.1 Å². The van der Waals surface area contributed by atoms with Gasteiger partial charge in [0.15, 0.2) is 0 Å². The number of halogens is 1. The maximum Gasteiger partial charge on any atom is 0.123 e. The van der Waals surface area contributed by atoms with Crippen molar-refractivity contribution >= 4 is 0 Å². The molecule has 2 rings (SSSR count). The molecule has 0 spiro atoms. The van der Waals surface area contributed by atoms with Gasteiger partial charge in [0, 0.05) is 11.4 Å². The Kier molecular flexibility index (Phi) is 2.50. The van der Waals surface area contributed by atoms with Gasteiger partial charge in [-0.1, -0.05) is 12.1 Å². The first-order chi connectivity index (χ1) is 7.15. The van der Waals surface area contributed by atoms with Crippen LogP contribution in [0.4, 0.5) is 4.39 Å². The van der Waals surface area contributed by atoms with Crippen LogP contribution in [0.5, 0.6) is 0 Å². The van der Waals surface area contributed by atoms with Crippen LogP contribution in [-0.4, -0.2) is 4.98 Å². The van der Waals surface area contributed by atoms with E-state index in [-0.39, 0.29) is 5.82 Å². The second kappa shape index (κ2) is 3.81. The SMILES string of the molecule is Cc1cc(-c2ccc(F)cc2)cc(C)n1. The van der Waals surface area contributed by atoms with Crippen molar-refractivity contribution < 1.29 is 4.39 Å². The van der Waals surface area contributed by atoms with Crippen LogP contribution >= 0.6 is 0 Å². The number of hydrogen-bond acceptors (Lipinski definition) is 1. The van der Waals surface area contributed by atoms with Gasteiger partial charge in [-0.05, 0) is 49.2 Å². The van der Waals surface area contributed by atoms with Crippen LogP contribution in [0, 0.1) is 19.7 Å². The lowest BCUT2D eigenvalue weighted by molar-refractivity contribution is 0.628. The molecule has 76 valence electrons. The summed E-state index contributed by atoms with van der Waals surface area (Å²) in [5.74, 6) is -0.207. The molecule has 0 radical (unpaired) electrons. The summed E-state index contributed by atoms with van der Waals surface area (Å²) in [5.41, 5.74) is 4.06. The Hall–Kier alpha value is -1.70. The minimum atomic E-state index is -0.207. The summed E-state index contributed by atoms with van der Waals surface area (Å²) < 4.78 is 12.7. The molecule has 0 aliphatic heterocycles. The molecule has 0 bridgehead atoms. The zero-order valence-electron chi connectivity index (χ0n) is 8.79. The molecule has 1 heterocycles. The van der Waals surface area contributed by atoms with Crippen LogP contribution in [-0.2, 0) is 0 Å². The third-order valence-electron chi connectivity index (χ3n) is 2.26. The molecule has 0 aliphatic rings. The third kappa shape index (κ3) is 2.21. The highest BCUT2D eigenvalue weighted by Crippen LogP contribution is 2.20. The van der Waals surface area contributed by atoms with Gasteiger partial charge in [-0.15, -0.1) is 0 Å². The highest BCUT2D eigenvalue weighted by Gasteiger charge is 2.00. The van der Waals surface area contributed by atoms with Gasteiger partial charge in [0.25, 0.3) is 0 Å². The zero-order valence-corrected chi connectivity index (χ0v) is 8.79. The summed E-state index contributed by atoms with van der Waals surface area (Å²) >= 11 is 0. The Morgan fingerprint density at radius 2 is 1.40 bits per heavy atom. The second-order valence-corrected chi connectivity index (χ2v) is 3.65. The Labute approximate surface area is 88.6 Å². The number of hydrogen-bond donors (Lipinski definition) is 0. The molecule has 0 amide bonds. The predicted molar refractivity (Wildman–Crippen MR) is 59.1 cm³/mol. The van der Waals surface area contributed by atoms with E-state index in [1.807, 2.05) is 26.0 Å². The molecule has 0 unspecified atom stereocenters. The highest BCUT2D eigenvalue weighted by molar-refractivity contribution is 5.63. The Bertz CT molecular complexity index is 454. The number of aryl methyl sites for hydroxylation is 2. The topological polar surface area (TPSA) is 12.9 Å². The van der Waals surface area contributed by atoms with E-state index in [9.17, 15) is 4.39 Å². The van der Waals surface area contributed by atoms with Crippen molar-refractivity contribution in [2.75, 3.05) is 0 Å².